The van der Waals surface area contributed by atoms with Gasteiger partial charge in [-0.25, -0.2) is 0 Å². The quantitative estimate of drug-likeness (QED) is 0.287. The molecule has 0 aromatic carbocycles. The van der Waals surface area contributed by atoms with Gasteiger partial charge in [0, 0.05) is 0 Å². The van der Waals surface area contributed by atoms with Crippen molar-refractivity contribution < 1.29 is 19.8 Å². The van der Waals surface area contributed by atoms with Gasteiger partial charge in [-0.05, 0) is 0 Å². The summed E-state index contributed by atoms with van der Waals surface area (Å²) >= 11 is 0. The van der Waals surface area contributed by atoms with E-state index in [2.05, 4.69) is 0 Å². The van der Waals surface area contributed by atoms with Gasteiger partial charge in [-0.15, -0.1) is 0 Å². The standard InChI is InChI=1S/2CH2O2.H3N.Na.H/c2*2-1-3;;;/h2*1H,(H,2,3);1H3;;. The van der Waals surface area contributed by atoms with E-state index in [1.54, 1.807) is 0 Å². The third-order valence-corrected chi connectivity index (χ3v) is 0. The summed E-state index contributed by atoms with van der Waals surface area (Å²) in [5.41, 5.74) is 0. The maximum atomic E-state index is 8.36. The van der Waals surface area contributed by atoms with Crippen LogP contribution in [-0.4, -0.2) is 52.7 Å². The van der Waals surface area contributed by atoms with Gasteiger partial charge in [0.1, 0.15) is 0 Å². The fraction of sp³-hybridized carbons (Fsp3) is 0. The molecule has 0 radical (unpaired) electrons. The molecule has 0 rings (SSSR count). The molecule has 0 bridgehead atoms. The van der Waals surface area contributed by atoms with Crippen LogP contribution < -0.4 is 6.15 Å². The molecular formula is C2H8NNaO4. The Morgan fingerprint density at radius 2 is 1.00 bits per heavy atom. The van der Waals surface area contributed by atoms with Crippen molar-refractivity contribution in [2.45, 2.75) is 0 Å². The van der Waals surface area contributed by atoms with Gasteiger partial charge in [0.25, 0.3) is 12.9 Å². The second-order valence-electron chi connectivity index (χ2n) is 0.211. The van der Waals surface area contributed by atoms with Gasteiger partial charge < -0.3 is 16.4 Å². The van der Waals surface area contributed by atoms with E-state index < -0.39 is 0 Å². The van der Waals surface area contributed by atoms with E-state index in [9.17, 15) is 0 Å². The van der Waals surface area contributed by atoms with Crippen LogP contribution in [0.25, 0.3) is 0 Å². The van der Waals surface area contributed by atoms with E-state index in [0.29, 0.717) is 0 Å². The van der Waals surface area contributed by atoms with Gasteiger partial charge in [0.05, 0.1) is 0 Å². The third-order valence-electron chi connectivity index (χ3n) is 0. The normalized spacial score (nSPS) is 3.00. The first-order valence-corrected chi connectivity index (χ1v) is 0.988. The van der Waals surface area contributed by atoms with Crippen LogP contribution in [0.3, 0.4) is 0 Å². The molecule has 46 valence electrons. The van der Waals surface area contributed by atoms with E-state index >= 15 is 0 Å². The molecule has 0 spiro atoms. The second-order valence-corrected chi connectivity index (χ2v) is 0.211. The maximum absolute atomic E-state index is 8.36. The monoisotopic (exact) mass is 133 g/mol. The Morgan fingerprint density at radius 3 is 1.00 bits per heavy atom. The molecule has 5 N–H and O–H groups in total. The number of hydrogen-bond acceptors (Lipinski definition) is 3. The number of carboxylic acid groups (broad SMARTS) is 2. The predicted octanol–water partition coefficient (Wildman–Crippen LogP) is -1.08. The van der Waals surface area contributed by atoms with Crippen molar-refractivity contribution in [3.05, 3.63) is 0 Å². The van der Waals surface area contributed by atoms with Gasteiger partial charge in [-0.3, -0.25) is 9.59 Å². The fourth-order valence-electron chi connectivity index (χ4n) is 0. The molecule has 0 unspecified atom stereocenters. The molecule has 0 fully saturated rings. The Hall–Kier alpha value is -0.100. The molecule has 0 aliphatic rings. The molecule has 0 saturated heterocycles. The van der Waals surface area contributed by atoms with Crippen molar-refractivity contribution in [2.24, 2.45) is 0 Å². The summed E-state index contributed by atoms with van der Waals surface area (Å²) in [6.07, 6.45) is 0. The first-order valence-electron chi connectivity index (χ1n) is 0.988. The molecular weight excluding hydrogens is 125 g/mol. The Balaban J connectivity index is -0.0000000160. The zero-order valence-electron chi connectivity index (χ0n) is 3.57. The Kier molecular flexibility index (Phi) is 206. The van der Waals surface area contributed by atoms with Crippen LogP contribution in [0.15, 0.2) is 0 Å². The first-order chi connectivity index (χ1) is 2.83. The van der Waals surface area contributed by atoms with Gasteiger partial charge in [0.15, 0.2) is 0 Å². The van der Waals surface area contributed by atoms with E-state index in [1.165, 1.54) is 0 Å². The van der Waals surface area contributed by atoms with Crippen LogP contribution >= 0.6 is 0 Å². The molecule has 0 atom stereocenters. The van der Waals surface area contributed by atoms with Crippen molar-refractivity contribution in [3.63, 3.8) is 0 Å². The average molecular weight is 133 g/mol. The first kappa shape index (κ1) is 24.7. The third kappa shape index (κ3) is 14200. The molecule has 0 amide bonds. The average Bonchev–Trinajstić information content (AvgIpc) is 1.39. The van der Waals surface area contributed by atoms with Crippen LogP contribution in [0, 0.1) is 0 Å². The molecule has 6 heteroatoms. The summed E-state index contributed by atoms with van der Waals surface area (Å²) < 4.78 is 0. The van der Waals surface area contributed by atoms with E-state index in [4.69, 9.17) is 19.8 Å². The molecule has 0 heterocycles. The van der Waals surface area contributed by atoms with E-state index in [0.717, 1.165) is 0 Å². The minimum atomic E-state index is -0.250. The molecule has 0 aromatic heterocycles. The van der Waals surface area contributed by atoms with Gasteiger partial charge in [-0.2, -0.15) is 0 Å². The number of carbonyl (C=O) groups is 2. The zero-order valence-corrected chi connectivity index (χ0v) is 3.57. The van der Waals surface area contributed by atoms with E-state index in [1.807, 2.05) is 0 Å². The number of rotatable bonds is 0. The van der Waals surface area contributed by atoms with Gasteiger partial charge in [-0.1, -0.05) is 0 Å². The minimum absolute atomic E-state index is 0. The van der Waals surface area contributed by atoms with E-state index in [-0.39, 0.29) is 48.7 Å². The summed E-state index contributed by atoms with van der Waals surface area (Å²) in [5, 5.41) is 13.8. The molecule has 8 heavy (non-hydrogen) atoms. The summed E-state index contributed by atoms with van der Waals surface area (Å²) in [7, 11) is 0. The topological polar surface area (TPSA) is 110 Å². The van der Waals surface area contributed by atoms with Crippen LogP contribution in [0.2, 0.25) is 0 Å². The molecule has 0 saturated carbocycles. The fourth-order valence-corrected chi connectivity index (χ4v) is 0. The summed E-state index contributed by atoms with van der Waals surface area (Å²) in [5.74, 6) is 0. The van der Waals surface area contributed by atoms with Crippen LogP contribution in [0.1, 0.15) is 0 Å². The molecule has 0 aromatic rings. The van der Waals surface area contributed by atoms with Crippen molar-refractivity contribution >= 4 is 42.5 Å². The van der Waals surface area contributed by atoms with Crippen molar-refractivity contribution in [1.29, 1.82) is 0 Å². The van der Waals surface area contributed by atoms with Crippen molar-refractivity contribution in [1.82, 2.24) is 6.15 Å². The molecule has 0 aliphatic heterocycles. The SMILES string of the molecule is N.O=CO.O=CO.[NaH]. The van der Waals surface area contributed by atoms with Gasteiger partial charge in [0.2, 0.25) is 0 Å². The summed E-state index contributed by atoms with van der Waals surface area (Å²) in [6, 6.07) is 0. The predicted molar refractivity (Wildman–Crippen MR) is 29.6 cm³/mol. The number of hydrogen-bond donors (Lipinski definition) is 3. The van der Waals surface area contributed by atoms with Gasteiger partial charge >= 0.3 is 29.6 Å². The van der Waals surface area contributed by atoms with Crippen molar-refractivity contribution in [3.8, 4) is 0 Å². The van der Waals surface area contributed by atoms with Crippen LogP contribution in [-0.2, 0) is 9.59 Å². The summed E-state index contributed by atoms with van der Waals surface area (Å²) in [6.45, 7) is -0.500. The Bertz CT molecular complexity index is 35.0. The Labute approximate surface area is 68.6 Å². The zero-order chi connectivity index (χ0) is 5.41. The van der Waals surface area contributed by atoms with Crippen molar-refractivity contribution in [2.75, 3.05) is 0 Å². The molecule has 0 aliphatic carbocycles. The summed E-state index contributed by atoms with van der Waals surface area (Å²) in [4.78, 5) is 16.7. The second kappa shape index (κ2) is 66.5. The Morgan fingerprint density at radius 1 is 1.00 bits per heavy atom. The molecule has 5 nitrogen and oxygen atoms in total. The van der Waals surface area contributed by atoms with Crippen LogP contribution in [0.4, 0.5) is 0 Å². The van der Waals surface area contributed by atoms with Crippen LogP contribution in [0.5, 0.6) is 0 Å².